The molecule has 1 heterocycles. The minimum Gasteiger partial charge on any atom is -0.388 e. The lowest BCUT2D eigenvalue weighted by Gasteiger charge is -2.09. The maximum absolute atomic E-state index is 5.56. The molecule has 0 aliphatic carbocycles. The molecule has 1 rings (SSSR count). The Morgan fingerprint density at radius 3 is 2.93 bits per heavy atom. The highest BCUT2D eigenvalue weighted by atomic mass is 32.1. The topological polar surface area (TPSA) is 48.1 Å². The number of rotatable bonds is 5. The molecule has 0 aliphatic rings. The largest absolute Gasteiger partial charge is 0.388 e. The summed E-state index contributed by atoms with van der Waals surface area (Å²) < 4.78 is 5.52. The van der Waals surface area contributed by atoms with Gasteiger partial charge in [0.1, 0.15) is 10.7 Å². The SMILES string of the molecule is CC(C)COCc1cccnc1C(N)=S. The van der Waals surface area contributed by atoms with Crippen LogP contribution in [0.2, 0.25) is 0 Å². The Balaban J connectivity index is 2.63. The van der Waals surface area contributed by atoms with Gasteiger partial charge >= 0.3 is 0 Å². The molecule has 0 saturated heterocycles. The van der Waals surface area contributed by atoms with E-state index >= 15 is 0 Å². The molecule has 4 heteroatoms. The molecule has 1 aromatic heterocycles. The van der Waals surface area contributed by atoms with Gasteiger partial charge in [-0.3, -0.25) is 4.98 Å². The Morgan fingerprint density at radius 2 is 2.33 bits per heavy atom. The molecule has 82 valence electrons. The van der Waals surface area contributed by atoms with Crippen LogP contribution in [0.25, 0.3) is 0 Å². The average molecular weight is 224 g/mol. The number of thiocarbonyl (C=S) groups is 1. The summed E-state index contributed by atoms with van der Waals surface area (Å²) in [6.45, 7) is 5.46. The number of nitrogens with zero attached hydrogens (tertiary/aromatic N) is 1. The van der Waals surface area contributed by atoms with E-state index in [1.807, 2.05) is 12.1 Å². The van der Waals surface area contributed by atoms with E-state index < -0.39 is 0 Å². The van der Waals surface area contributed by atoms with Gasteiger partial charge in [-0.15, -0.1) is 0 Å². The quantitative estimate of drug-likeness (QED) is 0.776. The minimum atomic E-state index is 0.318. The molecular formula is C11H16N2OS. The van der Waals surface area contributed by atoms with Crippen molar-refractivity contribution in [2.45, 2.75) is 20.5 Å². The summed E-state index contributed by atoms with van der Waals surface area (Å²) in [6.07, 6.45) is 1.68. The van der Waals surface area contributed by atoms with Crippen LogP contribution in [0.3, 0.4) is 0 Å². The number of hydrogen-bond acceptors (Lipinski definition) is 3. The molecule has 0 spiro atoms. The van der Waals surface area contributed by atoms with Gasteiger partial charge in [0.15, 0.2) is 0 Å². The fourth-order valence-electron chi connectivity index (χ4n) is 1.18. The van der Waals surface area contributed by atoms with Gasteiger partial charge in [0.05, 0.1) is 6.61 Å². The standard InChI is InChI=1S/C11H16N2OS/c1-8(2)6-14-7-9-4-3-5-13-10(9)11(12)15/h3-5,8H,6-7H2,1-2H3,(H2,12,15). The lowest BCUT2D eigenvalue weighted by molar-refractivity contribution is 0.0968. The van der Waals surface area contributed by atoms with Gasteiger partial charge in [-0.25, -0.2) is 0 Å². The summed E-state index contributed by atoms with van der Waals surface area (Å²) in [5, 5.41) is 0. The highest BCUT2D eigenvalue weighted by Crippen LogP contribution is 2.07. The Kier molecular flexibility index (Phi) is 4.65. The van der Waals surface area contributed by atoms with Crippen molar-refractivity contribution in [1.29, 1.82) is 0 Å². The third-order valence-corrected chi connectivity index (χ3v) is 2.03. The van der Waals surface area contributed by atoms with Crippen molar-refractivity contribution in [3.63, 3.8) is 0 Å². The first-order valence-corrected chi connectivity index (χ1v) is 5.33. The van der Waals surface area contributed by atoms with Gasteiger partial charge in [-0.2, -0.15) is 0 Å². The second-order valence-corrected chi connectivity index (χ2v) is 4.22. The zero-order chi connectivity index (χ0) is 11.3. The highest BCUT2D eigenvalue weighted by Gasteiger charge is 2.06. The molecule has 0 saturated carbocycles. The molecule has 0 bridgehead atoms. The summed E-state index contributed by atoms with van der Waals surface area (Å²) >= 11 is 4.91. The Bertz CT molecular complexity index is 339. The number of pyridine rings is 1. The predicted octanol–water partition coefficient (Wildman–Crippen LogP) is 1.89. The zero-order valence-corrected chi connectivity index (χ0v) is 9.88. The van der Waals surface area contributed by atoms with Crippen LogP contribution in [0.4, 0.5) is 0 Å². The van der Waals surface area contributed by atoms with Crippen LogP contribution in [0.5, 0.6) is 0 Å². The van der Waals surface area contributed by atoms with Crippen LogP contribution in [0, 0.1) is 5.92 Å². The Morgan fingerprint density at radius 1 is 1.60 bits per heavy atom. The smallest absolute Gasteiger partial charge is 0.123 e. The maximum Gasteiger partial charge on any atom is 0.123 e. The summed E-state index contributed by atoms with van der Waals surface area (Å²) in [4.78, 5) is 4.45. The van der Waals surface area contributed by atoms with Crippen molar-refractivity contribution < 1.29 is 4.74 Å². The monoisotopic (exact) mass is 224 g/mol. The van der Waals surface area contributed by atoms with Gasteiger partial charge in [0, 0.05) is 18.4 Å². The Hall–Kier alpha value is -1.00. The second kappa shape index (κ2) is 5.78. The van der Waals surface area contributed by atoms with E-state index in [1.54, 1.807) is 6.20 Å². The molecule has 15 heavy (non-hydrogen) atoms. The van der Waals surface area contributed by atoms with E-state index in [0.717, 1.165) is 12.2 Å². The number of nitrogens with two attached hydrogens (primary N) is 1. The molecule has 2 N–H and O–H groups in total. The molecule has 0 aromatic carbocycles. The van der Waals surface area contributed by atoms with Crippen LogP contribution >= 0.6 is 12.2 Å². The normalized spacial score (nSPS) is 10.6. The Labute approximate surface area is 95.7 Å². The van der Waals surface area contributed by atoms with Gasteiger partial charge < -0.3 is 10.5 Å². The molecule has 0 aliphatic heterocycles. The van der Waals surface area contributed by atoms with Gasteiger partial charge in [0.2, 0.25) is 0 Å². The van der Waals surface area contributed by atoms with Gasteiger partial charge in [-0.05, 0) is 12.0 Å². The molecular weight excluding hydrogens is 208 g/mol. The zero-order valence-electron chi connectivity index (χ0n) is 9.06. The summed E-state index contributed by atoms with van der Waals surface area (Å²) in [6, 6.07) is 3.79. The molecule has 3 nitrogen and oxygen atoms in total. The van der Waals surface area contributed by atoms with Crippen molar-refractivity contribution in [2.75, 3.05) is 6.61 Å². The van der Waals surface area contributed by atoms with Crippen molar-refractivity contribution in [2.24, 2.45) is 11.7 Å². The van der Waals surface area contributed by atoms with Crippen LogP contribution in [0.15, 0.2) is 18.3 Å². The molecule has 1 aromatic rings. The average Bonchev–Trinajstić information content (AvgIpc) is 2.17. The fourth-order valence-corrected chi connectivity index (χ4v) is 1.37. The van der Waals surface area contributed by atoms with E-state index in [0.29, 0.717) is 23.2 Å². The third-order valence-electron chi connectivity index (χ3n) is 1.83. The number of hydrogen-bond donors (Lipinski definition) is 1. The predicted molar refractivity (Wildman–Crippen MR) is 64.6 cm³/mol. The maximum atomic E-state index is 5.56. The number of ether oxygens (including phenoxy) is 1. The first kappa shape index (κ1) is 12.1. The van der Waals surface area contributed by atoms with E-state index in [2.05, 4.69) is 18.8 Å². The molecule has 0 radical (unpaired) electrons. The molecule has 0 unspecified atom stereocenters. The van der Waals surface area contributed by atoms with Crippen LogP contribution < -0.4 is 5.73 Å². The van der Waals surface area contributed by atoms with Gasteiger partial charge in [0.25, 0.3) is 0 Å². The van der Waals surface area contributed by atoms with Crippen molar-refractivity contribution in [3.05, 3.63) is 29.6 Å². The lowest BCUT2D eigenvalue weighted by Crippen LogP contribution is -2.15. The molecule has 0 fully saturated rings. The van der Waals surface area contributed by atoms with E-state index in [9.17, 15) is 0 Å². The minimum absolute atomic E-state index is 0.318. The first-order chi connectivity index (χ1) is 7.11. The van der Waals surface area contributed by atoms with Crippen LogP contribution in [-0.4, -0.2) is 16.6 Å². The van der Waals surface area contributed by atoms with Crippen molar-refractivity contribution in [1.82, 2.24) is 4.98 Å². The van der Waals surface area contributed by atoms with Crippen LogP contribution in [-0.2, 0) is 11.3 Å². The molecule has 0 amide bonds. The fraction of sp³-hybridized carbons (Fsp3) is 0.455. The van der Waals surface area contributed by atoms with Crippen molar-refractivity contribution in [3.8, 4) is 0 Å². The third kappa shape index (κ3) is 3.93. The van der Waals surface area contributed by atoms with E-state index in [1.165, 1.54) is 0 Å². The highest BCUT2D eigenvalue weighted by molar-refractivity contribution is 7.80. The summed E-state index contributed by atoms with van der Waals surface area (Å²) in [5.74, 6) is 0.523. The summed E-state index contributed by atoms with van der Waals surface area (Å²) in [5.41, 5.74) is 7.17. The van der Waals surface area contributed by atoms with E-state index in [4.69, 9.17) is 22.7 Å². The van der Waals surface area contributed by atoms with E-state index in [-0.39, 0.29) is 0 Å². The lowest BCUT2D eigenvalue weighted by atomic mass is 10.2. The van der Waals surface area contributed by atoms with Gasteiger partial charge in [-0.1, -0.05) is 32.1 Å². The number of aromatic nitrogens is 1. The first-order valence-electron chi connectivity index (χ1n) is 4.92. The molecule has 0 atom stereocenters. The van der Waals surface area contributed by atoms with Crippen LogP contribution in [0.1, 0.15) is 25.1 Å². The summed E-state index contributed by atoms with van der Waals surface area (Å²) in [7, 11) is 0. The second-order valence-electron chi connectivity index (χ2n) is 3.78. The van der Waals surface area contributed by atoms with Crippen molar-refractivity contribution >= 4 is 17.2 Å².